The van der Waals surface area contributed by atoms with Crippen molar-refractivity contribution >= 4 is 11.6 Å². The molecule has 1 aromatic carbocycles. The Balaban J connectivity index is 2.35. The number of rotatable bonds is 5. The van der Waals surface area contributed by atoms with Crippen molar-refractivity contribution in [2.24, 2.45) is 0 Å². The van der Waals surface area contributed by atoms with Crippen LogP contribution < -0.4 is 9.47 Å². The summed E-state index contributed by atoms with van der Waals surface area (Å²) in [6.45, 7) is 2.59. The molecule has 0 bridgehead atoms. The molecule has 0 aliphatic heterocycles. The molecular weight excluding hydrogens is 266 g/mol. The van der Waals surface area contributed by atoms with E-state index in [1.165, 1.54) is 0 Å². The van der Waals surface area contributed by atoms with Crippen LogP contribution in [0.25, 0.3) is 0 Å². The fourth-order valence-electron chi connectivity index (χ4n) is 1.88. The van der Waals surface area contributed by atoms with E-state index >= 15 is 0 Å². The number of aryl methyl sites for hydroxylation is 1. The molecule has 0 saturated carbocycles. The first kappa shape index (κ1) is 13.7. The molecule has 0 unspecified atom stereocenters. The minimum Gasteiger partial charge on any atom is -0.497 e. The van der Waals surface area contributed by atoms with E-state index in [1.54, 1.807) is 14.2 Å². The van der Waals surface area contributed by atoms with Gasteiger partial charge in [-0.1, -0.05) is 6.92 Å². The molecule has 0 aliphatic rings. The molecule has 0 spiro atoms. The number of methoxy groups -OCH3 is 2. The molecule has 0 radical (unpaired) electrons. The molecule has 2 rings (SSSR count). The fourth-order valence-corrected chi connectivity index (χ4v) is 2.08. The maximum Gasteiger partial charge on any atom is 0.225 e. The maximum absolute atomic E-state index is 6.05. The highest BCUT2D eigenvalue weighted by Gasteiger charge is 2.12. The highest BCUT2D eigenvalue weighted by Crippen LogP contribution is 2.26. The molecule has 0 saturated heterocycles. The zero-order valence-electron chi connectivity index (χ0n) is 11.2. The lowest BCUT2D eigenvalue weighted by molar-refractivity contribution is 0.390. The Labute approximate surface area is 117 Å². The van der Waals surface area contributed by atoms with E-state index in [1.807, 2.05) is 29.7 Å². The smallest absolute Gasteiger partial charge is 0.225 e. The molecule has 5 nitrogen and oxygen atoms in total. The van der Waals surface area contributed by atoms with Gasteiger partial charge in [0.25, 0.3) is 0 Å². The summed E-state index contributed by atoms with van der Waals surface area (Å²) < 4.78 is 12.4. The maximum atomic E-state index is 6.05. The Morgan fingerprint density at radius 3 is 2.63 bits per heavy atom. The zero-order chi connectivity index (χ0) is 13.8. The SMILES string of the molecule is CCc1nnc(Cl)n1Cc1ccc(OC)cc1OC. The Bertz CT molecular complexity index is 569. The Kier molecular flexibility index (Phi) is 4.27. The van der Waals surface area contributed by atoms with Crippen molar-refractivity contribution < 1.29 is 9.47 Å². The Hall–Kier alpha value is -1.75. The topological polar surface area (TPSA) is 49.2 Å². The highest BCUT2D eigenvalue weighted by atomic mass is 35.5. The predicted octanol–water partition coefficient (Wildman–Crippen LogP) is 2.56. The van der Waals surface area contributed by atoms with Crippen LogP contribution in [0, 0.1) is 0 Å². The normalized spacial score (nSPS) is 10.5. The average Bonchev–Trinajstić information content (AvgIpc) is 2.80. The van der Waals surface area contributed by atoms with Crippen molar-refractivity contribution in [3.63, 3.8) is 0 Å². The third-order valence-electron chi connectivity index (χ3n) is 2.92. The molecule has 0 atom stereocenters. The van der Waals surface area contributed by atoms with Gasteiger partial charge in [0.1, 0.15) is 17.3 Å². The lowest BCUT2D eigenvalue weighted by Gasteiger charge is -2.12. The first-order chi connectivity index (χ1) is 9.19. The molecule has 1 aromatic heterocycles. The third kappa shape index (κ3) is 2.81. The number of hydrogen-bond acceptors (Lipinski definition) is 4. The summed E-state index contributed by atoms with van der Waals surface area (Å²) in [5.74, 6) is 2.36. The van der Waals surface area contributed by atoms with Crippen LogP contribution in [0.3, 0.4) is 0 Å². The van der Waals surface area contributed by atoms with Crippen molar-refractivity contribution in [1.29, 1.82) is 0 Å². The van der Waals surface area contributed by atoms with E-state index in [0.717, 1.165) is 29.3 Å². The van der Waals surface area contributed by atoms with E-state index < -0.39 is 0 Å². The van der Waals surface area contributed by atoms with Gasteiger partial charge in [0, 0.05) is 18.1 Å². The van der Waals surface area contributed by atoms with Crippen molar-refractivity contribution in [3.05, 3.63) is 34.9 Å². The number of hydrogen-bond donors (Lipinski definition) is 0. The lowest BCUT2D eigenvalue weighted by atomic mass is 10.2. The lowest BCUT2D eigenvalue weighted by Crippen LogP contribution is -2.06. The van der Waals surface area contributed by atoms with Crippen LogP contribution in [0.5, 0.6) is 11.5 Å². The van der Waals surface area contributed by atoms with Gasteiger partial charge in [0.15, 0.2) is 0 Å². The van der Waals surface area contributed by atoms with Crippen molar-refractivity contribution in [1.82, 2.24) is 14.8 Å². The van der Waals surface area contributed by atoms with Crippen LogP contribution in [0.4, 0.5) is 0 Å². The van der Waals surface area contributed by atoms with Gasteiger partial charge in [-0.05, 0) is 23.7 Å². The second-order valence-electron chi connectivity index (χ2n) is 4.00. The number of halogens is 1. The predicted molar refractivity (Wildman–Crippen MR) is 73.1 cm³/mol. The van der Waals surface area contributed by atoms with Crippen LogP contribution in [-0.4, -0.2) is 29.0 Å². The number of ether oxygens (including phenoxy) is 2. The first-order valence-corrected chi connectivity index (χ1v) is 6.35. The summed E-state index contributed by atoms with van der Waals surface area (Å²) in [7, 11) is 3.26. The van der Waals surface area contributed by atoms with Gasteiger partial charge in [-0.3, -0.25) is 4.57 Å². The molecule has 0 fully saturated rings. The zero-order valence-corrected chi connectivity index (χ0v) is 11.9. The van der Waals surface area contributed by atoms with E-state index in [4.69, 9.17) is 21.1 Å². The summed E-state index contributed by atoms with van der Waals surface area (Å²) in [6, 6.07) is 5.69. The summed E-state index contributed by atoms with van der Waals surface area (Å²) in [6.07, 6.45) is 0.776. The number of nitrogens with zero attached hydrogens (tertiary/aromatic N) is 3. The summed E-state index contributed by atoms with van der Waals surface area (Å²) in [5, 5.41) is 8.30. The highest BCUT2D eigenvalue weighted by molar-refractivity contribution is 6.28. The van der Waals surface area contributed by atoms with Gasteiger partial charge in [-0.15, -0.1) is 10.2 Å². The van der Waals surface area contributed by atoms with Gasteiger partial charge in [-0.25, -0.2) is 0 Å². The van der Waals surface area contributed by atoms with E-state index in [2.05, 4.69) is 10.2 Å². The second kappa shape index (κ2) is 5.93. The van der Waals surface area contributed by atoms with Crippen LogP contribution >= 0.6 is 11.6 Å². The standard InChI is InChI=1S/C13H16ClN3O2/c1-4-12-15-16-13(14)17(12)8-9-5-6-10(18-2)7-11(9)19-3/h5-7H,4,8H2,1-3H3. The van der Waals surface area contributed by atoms with Gasteiger partial charge in [-0.2, -0.15) is 0 Å². The van der Waals surface area contributed by atoms with Crippen molar-refractivity contribution in [3.8, 4) is 11.5 Å². The largest absolute Gasteiger partial charge is 0.497 e. The van der Waals surface area contributed by atoms with E-state index in [9.17, 15) is 0 Å². The van der Waals surface area contributed by atoms with Crippen LogP contribution in [0.15, 0.2) is 18.2 Å². The van der Waals surface area contributed by atoms with Gasteiger partial charge in [0.2, 0.25) is 5.28 Å². The number of aromatic nitrogens is 3. The Morgan fingerprint density at radius 1 is 1.21 bits per heavy atom. The molecule has 0 N–H and O–H groups in total. The molecule has 19 heavy (non-hydrogen) atoms. The van der Waals surface area contributed by atoms with Gasteiger partial charge < -0.3 is 9.47 Å². The van der Waals surface area contributed by atoms with Crippen molar-refractivity contribution in [2.75, 3.05) is 14.2 Å². The molecule has 6 heteroatoms. The molecule has 2 aromatic rings. The summed E-state index contributed by atoms with van der Waals surface area (Å²) in [4.78, 5) is 0. The minimum atomic E-state index is 0.384. The molecule has 102 valence electrons. The van der Waals surface area contributed by atoms with Crippen LogP contribution in [-0.2, 0) is 13.0 Å². The Morgan fingerprint density at radius 2 is 2.00 bits per heavy atom. The van der Waals surface area contributed by atoms with E-state index in [-0.39, 0.29) is 0 Å². The third-order valence-corrected chi connectivity index (χ3v) is 3.20. The quantitative estimate of drug-likeness (QED) is 0.845. The van der Waals surface area contributed by atoms with Gasteiger partial charge >= 0.3 is 0 Å². The summed E-state index contributed by atoms with van der Waals surface area (Å²) in [5.41, 5.74) is 1.000. The minimum absolute atomic E-state index is 0.384. The van der Waals surface area contributed by atoms with Crippen LogP contribution in [0.2, 0.25) is 5.28 Å². The first-order valence-electron chi connectivity index (χ1n) is 5.98. The molecular formula is C13H16ClN3O2. The van der Waals surface area contributed by atoms with E-state index in [0.29, 0.717) is 11.8 Å². The summed E-state index contributed by atoms with van der Waals surface area (Å²) >= 11 is 6.05. The molecule has 1 heterocycles. The number of benzene rings is 1. The van der Waals surface area contributed by atoms with Crippen LogP contribution in [0.1, 0.15) is 18.3 Å². The molecule has 0 aliphatic carbocycles. The van der Waals surface area contributed by atoms with Gasteiger partial charge in [0.05, 0.1) is 20.8 Å². The average molecular weight is 282 g/mol. The second-order valence-corrected chi connectivity index (χ2v) is 4.34. The fraction of sp³-hybridized carbons (Fsp3) is 0.385. The van der Waals surface area contributed by atoms with Crippen molar-refractivity contribution in [2.45, 2.75) is 19.9 Å². The molecule has 0 amide bonds. The monoisotopic (exact) mass is 281 g/mol.